The van der Waals surface area contributed by atoms with Gasteiger partial charge in [-0.25, -0.2) is 4.79 Å². The second kappa shape index (κ2) is 24.0. The molecule has 4 N–H and O–H groups in total. The quantitative estimate of drug-likeness (QED) is 0.167. The van der Waals surface area contributed by atoms with E-state index in [2.05, 4.69) is 27.8 Å². The van der Waals surface area contributed by atoms with Gasteiger partial charge in [-0.3, -0.25) is 28.8 Å². The summed E-state index contributed by atoms with van der Waals surface area (Å²) in [5.41, 5.74) is 1.28. The lowest BCUT2D eigenvalue weighted by atomic mass is 9.94. The van der Waals surface area contributed by atoms with Crippen molar-refractivity contribution in [2.24, 2.45) is 17.8 Å². The molecule has 62 heavy (non-hydrogen) atoms. The molecule has 0 radical (unpaired) electrons. The van der Waals surface area contributed by atoms with E-state index in [1.54, 1.807) is 52.1 Å². The topological polar surface area (TPSA) is 202 Å². The molecule has 2 fully saturated rings. The highest BCUT2D eigenvalue weighted by atomic mass is 16.6. The van der Waals surface area contributed by atoms with Gasteiger partial charge >= 0.3 is 11.9 Å². The highest BCUT2D eigenvalue weighted by Crippen LogP contribution is 2.25. The SMILES string of the molecule is C=C(C)C[C@@H]1NC(=O)[C@H](C(C)C)OC(=O)CC[C@@H]([C@@H](C)CC)NC(=O)[C@@H](NC(=O)[C@@H](CC(C)C)NC)[C@@H](C)OC(=O)[C@H](Cc2ccc(OC)cc2)N(C)C(=O)[C@@H]2CCCN2C1=O. The third-order valence-corrected chi connectivity index (χ3v) is 11.8. The normalized spacial score (nSPS) is 26.1. The highest BCUT2D eigenvalue weighted by molar-refractivity contribution is 5.95. The number of carbonyl (C=O) groups excluding carboxylic acids is 7. The number of carbonyl (C=O) groups is 7. The van der Waals surface area contributed by atoms with Gasteiger partial charge in [0.25, 0.3) is 5.91 Å². The molecule has 1 aromatic rings. The number of ether oxygens (including phenoxy) is 3. The number of rotatable bonds is 13. The molecule has 2 heterocycles. The van der Waals surface area contributed by atoms with Gasteiger partial charge in [-0.05, 0) is 88.4 Å². The molecule has 2 saturated heterocycles. The van der Waals surface area contributed by atoms with Crippen molar-refractivity contribution in [2.75, 3.05) is 27.7 Å². The first-order valence-corrected chi connectivity index (χ1v) is 22.0. The van der Waals surface area contributed by atoms with Crippen molar-refractivity contribution in [3.63, 3.8) is 0 Å². The maximum atomic E-state index is 14.6. The Morgan fingerprint density at radius 1 is 0.968 bits per heavy atom. The van der Waals surface area contributed by atoms with Crippen LogP contribution >= 0.6 is 0 Å². The standard InChI is InChI=1S/C46H72N6O10/c1-13-29(8)33-20-21-38(53)62-40(28(6)7)43(56)49-35(24-27(4)5)44(57)52-22-14-15-36(52)45(58)51(11)37(25-31-16-18-32(60-12)19-17-31)46(59)61-30(9)39(42(55)48-33)50-41(54)34(47-10)23-26(2)3/h16-19,26,28-30,33-37,39-40,47H,4,13-15,20-25H2,1-3,5-12H3,(H,48,55)(H,49,56)(H,50,54)/t29-,30+,33-,34+,35-,36-,37-,39-,40-/m0/s1. The summed E-state index contributed by atoms with van der Waals surface area (Å²) in [5, 5.41) is 11.6. The van der Waals surface area contributed by atoms with Crippen LogP contribution in [0.2, 0.25) is 0 Å². The van der Waals surface area contributed by atoms with Crippen LogP contribution in [0.5, 0.6) is 5.75 Å². The number of nitrogens with zero attached hydrogens (tertiary/aromatic N) is 2. The minimum Gasteiger partial charge on any atom is -0.497 e. The molecule has 16 nitrogen and oxygen atoms in total. The van der Waals surface area contributed by atoms with Crippen LogP contribution in [0.4, 0.5) is 0 Å². The van der Waals surface area contributed by atoms with Gasteiger partial charge in [0.05, 0.1) is 13.2 Å². The Balaban J connectivity index is 2.18. The molecule has 0 unspecified atom stereocenters. The predicted molar refractivity (Wildman–Crippen MR) is 234 cm³/mol. The van der Waals surface area contributed by atoms with Crippen molar-refractivity contribution in [2.45, 2.75) is 155 Å². The lowest BCUT2D eigenvalue weighted by molar-refractivity contribution is -0.162. The molecular formula is C46H72N6O10. The molecule has 5 amide bonds. The zero-order valence-electron chi connectivity index (χ0n) is 38.7. The van der Waals surface area contributed by atoms with Gasteiger partial charge in [-0.2, -0.15) is 0 Å². The van der Waals surface area contributed by atoms with Crippen LogP contribution < -0.4 is 26.0 Å². The van der Waals surface area contributed by atoms with Crippen molar-refractivity contribution < 1.29 is 47.8 Å². The van der Waals surface area contributed by atoms with E-state index in [-0.39, 0.29) is 44.1 Å². The number of fused-ring (bicyclic) bond motifs is 1. The van der Waals surface area contributed by atoms with E-state index in [0.717, 1.165) is 0 Å². The maximum absolute atomic E-state index is 14.6. The molecule has 0 saturated carbocycles. The number of methoxy groups -OCH3 is 1. The fourth-order valence-electron chi connectivity index (χ4n) is 7.87. The fraction of sp³-hybridized carbons (Fsp3) is 0.674. The Bertz CT molecular complexity index is 1730. The molecule has 1 aromatic carbocycles. The van der Waals surface area contributed by atoms with Gasteiger partial charge in [0.2, 0.25) is 23.6 Å². The summed E-state index contributed by atoms with van der Waals surface area (Å²) in [6, 6.07) is 1.02. The van der Waals surface area contributed by atoms with E-state index >= 15 is 0 Å². The maximum Gasteiger partial charge on any atom is 0.329 e. The van der Waals surface area contributed by atoms with Crippen LogP contribution in [0.1, 0.15) is 106 Å². The van der Waals surface area contributed by atoms with Crippen molar-refractivity contribution in [3.8, 4) is 5.75 Å². The molecule has 2 aliphatic heterocycles. The number of likely N-dealkylation sites (N-methyl/N-ethyl adjacent to an activating group) is 2. The van der Waals surface area contributed by atoms with Gasteiger partial charge in [0, 0.05) is 32.5 Å². The van der Waals surface area contributed by atoms with E-state index in [1.165, 1.54) is 30.9 Å². The van der Waals surface area contributed by atoms with Crippen LogP contribution in [-0.2, 0) is 49.5 Å². The zero-order chi connectivity index (χ0) is 46.4. The number of esters is 2. The first kappa shape index (κ1) is 51.4. The second-order valence-electron chi connectivity index (χ2n) is 17.7. The van der Waals surface area contributed by atoms with Gasteiger partial charge in [0.15, 0.2) is 6.10 Å². The zero-order valence-corrected chi connectivity index (χ0v) is 38.7. The lowest BCUT2D eigenvalue weighted by Crippen LogP contribution is -2.60. The Morgan fingerprint density at radius 2 is 1.63 bits per heavy atom. The Hall–Kier alpha value is -4.99. The number of nitrogens with one attached hydrogen (secondary N) is 4. The van der Waals surface area contributed by atoms with E-state index in [4.69, 9.17) is 14.2 Å². The third kappa shape index (κ3) is 14.3. The number of benzene rings is 1. The van der Waals surface area contributed by atoms with E-state index < -0.39 is 95.9 Å². The molecule has 346 valence electrons. The number of cyclic esters (lactones) is 2. The third-order valence-electron chi connectivity index (χ3n) is 11.8. The van der Waals surface area contributed by atoms with Gasteiger partial charge in [0.1, 0.15) is 36.0 Å². The van der Waals surface area contributed by atoms with Crippen molar-refractivity contribution in [3.05, 3.63) is 42.0 Å². The largest absolute Gasteiger partial charge is 0.497 e. The van der Waals surface area contributed by atoms with Crippen molar-refractivity contribution in [1.82, 2.24) is 31.1 Å². The molecule has 0 bridgehead atoms. The predicted octanol–water partition coefficient (Wildman–Crippen LogP) is 3.45. The molecule has 0 spiro atoms. The summed E-state index contributed by atoms with van der Waals surface area (Å²) >= 11 is 0. The second-order valence-corrected chi connectivity index (χ2v) is 17.7. The van der Waals surface area contributed by atoms with Crippen LogP contribution in [0.25, 0.3) is 0 Å². The summed E-state index contributed by atoms with van der Waals surface area (Å²) in [5.74, 6) is -4.22. The first-order chi connectivity index (χ1) is 29.2. The van der Waals surface area contributed by atoms with E-state index in [1.807, 2.05) is 27.7 Å². The molecular weight excluding hydrogens is 797 g/mol. The van der Waals surface area contributed by atoms with E-state index in [9.17, 15) is 33.6 Å². The van der Waals surface area contributed by atoms with Crippen LogP contribution in [-0.4, -0.2) is 127 Å². The summed E-state index contributed by atoms with van der Waals surface area (Å²) in [7, 11) is 4.65. The average Bonchev–Trinajstić information content (AvgIpc) is 3.72. The van der Waals surface area contributed by atoms with E-state index in [0.29, 0.717) is 42.6 Å². The molecule has 16 heteroatoms. The smallest absolute Gasteiger partial charge is 0.329 e. The van der Waals surface area contributed by atoms with Gasteiger partial charge in [-0.1, -0.05) is 65.7 Å². The molecule has 9 atom stereocenters. The number of hydrogen-bond acceptors (Lipinski definition) is 11. The first-order valence-electron chi connectivity index (χ1n) is 22.0. The van der Waals surface area contributed by atoms with Gasteiger partial charge in [-0.15, -0.1) is 6.58 Å². The Kier molecular flexibility index (Phi) is 19.9. The van der Waals surface area contributed by atoms with Crippen LogP contribution in [0.3, 0.4) is 0 Å². The summed E-state index contributed by atoms with van der Waals surface area (Å²) in [6.07, 6.45) is -0.562. The Morgan fingerprint density at radius 3 is 2.19 bits per heavy atom. The molecule has 0 aromatic heterocycles. The molecule has 3 rings (SSSR count). The lowest BCUT2D eigenvalue weighted by Gasteiger charge is -2.35. The minimum absolute atomic E-state index is 0.00689. The monoisotopic (exact) mass is 869 g/mol. The minimum atomic E-state index is -1.38. The highest BCUT2D eigenvalue weighted by Gasteiger charge is 2.43. The van der Waals surface area contributed by atoms with Crippen LogP contribution in [0, 0.1) is 17.8 Å². The number of amides is 5. The molecule has 0 aliphatic carbocycles. The summed E-state index contributed by atoms with van der Waals surface area (Å²) in [6.45, 7) is 18.7. The Labute approximate surface area is 368 Å². The average molecular weight is 869 g/mol. The van der Waals surface area contributed by atoms with Crippen LogP contribution in [0.15, 0.2) is 36.4 Å². The van der Waals surface area contributed by atoms with Crippen molar-refractivity contribution in [1.29, 1.82) is 0 Å². The number of hydrogen-bond donors (Lipinski definition) is 4. The summed E-state index contributed by atoms with van der Waals surface area (Å²) in [4.78, 5) is 102. The van der Waals surface area contributed by atoms with Gasteiger partial charge < -0.3 is 45.3 Å². The van der Waals surface area contributed by atoms with Crippen molar-refractivity contribution >= 4 is 41.5 Å². The molecule has 2 aliphatic rings. The fourth-order valence-corrected chi connectivity index (χ4v) is 7.87. The summed E-state index contributed by atoms with van der Waals surface area (Å²) < 4.78 is 17.2.